The summed E-state index contributed by atoms with van der Waals surface area (Å²) in [7, 11) is -2.62. The first-order chi connectivity index (χ1) is 17.3. The van der Waals surface area contributed by atoms with E-state index in [4.69, 9.17) is 13.4 Å². The fourth-order valence-electron chi connectivity index (χ4n) is 4.96. The van der Waals surface area contributed by atoms with Gasteiger partial charge in [-0.3, -0.25) is 4.53 Å². The molecular weight excluding hydrogens is 470 g/mol. The molecule has 35 heavy (non-hydrogen) atoms. The molecule has 210 valence electrons. The van der Waals surface area contributed by atoms with E-state index >= 15 is 0 Å². The van der Waals surface area contributed by atoms with E-state index < -0.39 is 8.80 Å². The summed E-state index contributed by atoms with van der Waals surface area (Å²) >= 11 is 4.40. The van der Waals surface area contributed by atoms with E-state index in [2.05, 4.69) is 32.0 Å². The van der Waals surface area contributed by atoms with Gasteiger partial charge in [-0.15, -0.1) is 0 Å². The van der Waals surface area contributed by atoms with Gasteiger partial charge < -0.3 is 8.85 Å². The third-order valence-electron chi connectivity index (χ3n) is 7.37. The highest BCUT2D eigenvalue weighted by molar-refractivity contribution is 7.80. The number of hydrogen-bond acceptors (Lipinski definition) is 5. The summed E-state index contributed by atoms with van der Waals surface area (Å²) in [4.78, 5) is 0. The minimum Gasteiger partial charge on any atom is -0.373 e. The lowest BCUT2D eigenvalue weighted by molar-refractivity contribution is -0.00437. The van der Waals surface area contributed by atoms with Crippen molar-refractivity contribution in [1.29, 1.82) is 0 Å². The average Bonchev–Trinajstić information content (AvgIpc) is 2.85. The molecule has 1 rings (SSSR count). The third-order valence-corrected chi connectivity index (χ3v) is 10.4. The van der Waals surface area contributed by atoms with Gasteiger partial charge in [0, 0.05) is 25.8 Å². The van der Waals surface area contributed by atoms with Crippen molar-refractivity contribution in [1.82, 2.24) is 5.48 Å². The number of hydrogen-bond donors (Lipinski definition) is 2. The van der Waals surface area contributed by atoms with Crippen LogP contribution in [0.25, 0.3) is 0 Å². The quantitative estimate of drug-likeness (QED) is 0.0739. The zero-order chi connectivity index (χ0) is 25.3. The van der Waals surface area contributed by atoms with Gasteiger partial charge in [0.05, 0.1) is 0 Å². The number of unbranched alkanes of at least 4 members (excludes halogenated alkanes) is 16. The SMILES string of the molecule is CCCCCCCCCCCCCCCCCCO[Si]1(CCCS)OCCC(CCCC)CNO1. The van der Waals surface area contributed by atoms with Crippen LogP contribution < -0.4 is 5.48 Å². The summed E-state index contributed by atoms with van der Waals surface area (Å²) in [5.41, 5.74) is 3.24. The molecule has 0 spiro atoms. The summed E-state index contributed by atoms with van der Waals surface area (Å²) in [6.07, 6.45) is 28.1. The van der Waals surface area contributed by atoms with E-state index in [0.717, 1.165) is 50.8 Å². The van der Waals surface area contributed by atoms with Crippen molar-refractivity contribution in [2.24, 2.45) is 5.92 Å². The van der Waals surface area contributed by atoms with Crippen LogP contribution in [-0.4, -0.2) is 34.3 Å². The largest absolute Gasteiger partial charge is 0.517 e. The number of rotatable bonds is 24. The predicted octanol–water partition coefficient (Wildman–Crippen LogP) is 9.27. The minimum atomic E-state index is -2.62. The van der Waals surface area contributed by atoms with Crippen LogP contribution >= 0.6 is 12.6 Å². The van der Waals surface area contributed by atoms with Crippen LogP contribution in [0.5, 0.6) is 0 Å². The monoisotopic (exact) mass is 531 g/mol. The highest BCUT2D eigenvalue weighted by Crippen LogP contribution is 2.23. The van der Waals surface area contributed by atoms with Gasteiger partial charge in [0.2, 0.25) is 0 Å². The molecule has 4 nitrogen and oxygen atoms in total. The van der Waals surface area contributed by atoms with Crippen molar-refractivity contribution in [2.75, 3.05) is 25.5 Å². The Labute approximate surface area is 226 Å². The zero-order valence-electron chi connectivity index (χ0n) is 23.6. The van der Waals surface area contributed by atoms with E-state index in [9.17, 15) is 0 Å². The normalized spacial score (nSPS) is 21.2. The number of thiol groups is 1. The minimum absolute atomic E-state index is 0.646. The van der Waals surface area contributed by atoms with Crippen molar-refractivity contribution in [3.8, 4) is 0 Å². The van der Waals surface area contributed by atoms with Crippen LogP contribution in [0, 0.1) is 5.92 Å². The Bertz CT molecular complexity index is 434. The highest BCUT2D eigenvalue weighted by atomic mass is 32.1. The molecule has 1 N–H and O–H groups in total. The molecule has 0 aliphatic carbocycles. The van der Waals surface area contributed by atoms with E-state index in [1.165, 1.54) is 116 Å². The molecule has 1 heterocycles. The molecule has 1 fully saturated rings. The van der Waals surface area contributed by atoms with Crippen molar-refractivity contribution < 1.29 is 13.4 Å². The molecule has 0 saturated carbocycles. The fraction of sp³-hybridized carbons (Fsp3) is 1.00. The predicted molar refractivity (Wildman–Crippen MR) is 157 cm³/mol. The molecule has 0 amide bonds. The molecular formula is C29H61NO3SSi. The second-order valence-corrected chi connectivity index (χ2v) is 13.9. The second kappa shape index (κ2) is 24.7. The molecule has 2 atom stereocenters. The van der Waals surface area contributed by atoms with E-state index in [1.54, 1.807) is 0 Å². The van der Waals surface area contributed by atoms with E-state index in [-0.39, 0.29) is 0 Å². The van der Waals surface area contributed by atoms with Gasteiger partial charge in [0.15, 0.2) is 0 Å². The summed E-state index contributed by atoms with van der Waals surface area (Å²) in [6.45, 7) is 7.00. The molecule has 0 bridgehead atoms. The van der Waals surface area contributed by atoms with Crippen LogP contribution in [-0.2, 0) is 13.4 Å². The molecule has 0 aromatic carbocycles. The fourth-order valence-corrected chi connectivity index (χ4v) is 7.81. The summed E-state index contributed by atoms with van der Waals surface area (Å²) in [6, 6.07) is 0.863. The molecule has 0 aromatic rings. The Morgan fingerprint density at radius 3 is 1.83 bits per heavy atom. The maximum atomic E-state index is 6.34. The maximum Gasteiger partial charge on any atom is 0.517 e. The van der Waals surface area contributed by atoms with Crippen LogP contribution in [0.2, 0.25) is 6.04 Å². The van der Waals surface area contributed by atoms with Crippen LogP contribution in [0.15, 0.2) is 0 Å². The molecule has 0 radical (unpaired) electrons. The summed E-state index contributed by atoms with van der Waals surface area (Å²) < 4.78 is 18.8. The van der Waals surface area contributed by atoms with Gasteiger partial charge in [-0.05, 0) is 37.4 Å². The number of nitrogens with one attached hydrogen (secondary N) is 1. The van der Waals surface area contributed by atoms with E-state index in [0.29, 0.717) is 5.92 Å². The Kier molecular flexibility index (Phi) is 23.6. The van der Waals surface area contributed by atoms with Crippen molar-refractivity contribution in [3.05, 3.63) is 0 Å². The topological polar surface area (TPSA) is 39.7 Å². The van der Waals surface area contributed by atoms with Gasteiger partial charge in [0.25, 0.3) is 0 Å². The molecule has 6 heteroatoms. The van der Waals surface area contributed by atoms with Gasteiger partial charge in [-0.2, -0.15) is 12.6 Å². The Morgan fingerprint density at radius 1 is 0.743 bits per heavy atom. The van der Waals surface area contributed by atoms with Crippen molar-refractivity contribution in [3.63, 3.8) is 0 Å². The Morgan fingerprint density at radius 2 is 1.29 bits per heavy atom. The van der Waals surface area contributed by atoms with Crippen LogP contribution in [0.3, 0.4) is 0 Å². The molecule has 0 aromatic heterocycles. The Hall–Kier alpha value is 0.407. The zero-order valence-corrected chi connectivity index (χ0v) is 25.5. The third kappa shape index (κ3) is 19.2. The van der Waals surface area contributed by atoms with Gasteiger partial charge in [-0.25, -0.2) is 5.48 Å². The van der Waals surface area contributed by atoms with Gasteiger partial charge in [-0.1, -0.05) is 123 Å². The van der Waals surface area contributed by atoms with E-state index in [1.807, 2.05) is 0 Å². The van der Waals surface area contributed by atoms with Gasteiger partial charge >= 0.3 is 8.80 Å². The lowest BCUT2D eigenvalue weighted by atomic mass is 9.99. The maximum absolute atomic E-state index is 6.34. The lowest BCUT2D eigenvalue weighted by Gasteiger charge is -2.33. The van der Waals surface area contributed by atoms with Gasteiger partial charge in [0.1, 0.15) is 0 Å². The molecule has 2 unspecified atom stereocenters. The first kappa shape index (κ1) is 33.4. The second-order valence-electron chi connectivity index (χ2n) is 10.8. The summed E-state index contributed by atoms with van der Waals surface area (Å²) in [5.74, 6) is 1.50. The molecule has 1 aliphatic rings. The van der Waals surface area contributed by atoms with Crippen molar-refractivity contribution in [2.45, 2.75) is 155 Å². The van der Waals surface area contributed by atoms with Crippen molar-refractivity contribution >= 4 is 21.4 Å². The lowest BCUT2D eigenvalue weighted by Crippen LogP contribution is -2.52. The molecule has 1 saturated heterocycles. The molecule has 1 aliphatic heterocycles. The standard InChI is InChI=1S/C29H61NO3SSi/c1-3-5-7-8-9-10-11-12-13-14-15-16-17-18-19-20-24-31-35(27-21-26-34)32-25-23-29(22-6-4-2)28-30-33-35/h29-30,34H,3-28H2,1-2H3. The average molecular weight is 532 g/mol. The first-order valence-corrected chi connectivity index (χ1v) is 18.1. The van der Waals surface area contributed by atoms with Crippen LogP contribution in [0.1, 0.15) is 149 Å². The number of hydroxylamine groups is 1. The highest BCUT2D eigenvalue weighted by Gasteiger charge is 2.42. The smallest absolute Gasteiger partial charge is 0.373 e. The Balaban J connectivity index is 2.02. The summed E-state index contributed by atoms with van der Waals surface area (Å²) in [5, 5.41) is 0. The first-order valence-electron chi connectivity index (χ1n) is 15.6. The van der Waals surface area contributed by atoms with Crippen LogP contribution in [0.4, 0.5) is 0 Å².